The zero-order chi connectivity index (χ0) is 12.0. The Morgan fingerprint density at radius 1 is 1.41 bits per heavy atom. The van der Waals surface area contributed by atoms with Crippen LogP contribution in [0.1, 0.15) is 24.1 Å². The van der Waals surface area contributed by atoms with Crippen molar-refractivity contribution in [3.8, 4) is 0 Å². The standard InChI is InChI=1S/C13H22N4/c1-9-11(5-16(2)15-9)7-17-6-10-3-4-13(14)12(10)8-17/h5,10,12-13H,3-4,6-8,14H2,1-2H3. The molecule has 0 bridgehead atoms. The highest BCUT2D eigenvalue weighted by atomic mass is 15.3. The molecule has 4 nitrogen and oxygen atoms in total. The van der Waals surface area contributed by atoms with Gasteiger partial charge in [-0.15, -0.1) is 0 Å². The zero-order valence-electron chi connectivity index (χ0n) is 10.8. The molecule has 1 saturated heterocycles. The van der Waals surface area contributed by atoms with Crippen LogP contribution in [0, 0.1) is 18.8 Å². The fourth-order valence-electron chi connectivity index (χ4n) is 3.57. The van der Waals surface area contributed by atoms with E-state index in [9.17, 15) is 0 Å². The largest absolute Gasteiger partial charge is 0.327 e. The molecule has 3 atom stereocenters. The van der Waals surface area contributed by atoms with E-state index in [0.29, 0.717) is 6.04 Å². The maximum absolute atomic E-state index is 6.17. The molecule has 4 heteroatoms. The quantitative estimate of drug-likeness (QED) is 0.827. The SMILES string of the molecule is Cc1nn(C)cc1CN1CC2CCC(N)C2C1. The topological polar surface area (TPSA) is 47.1 Å². The number of nitrogens with zero attached hydrogens (tertiary/aromatic N) is 3. The van der Waals surface area contributed by atoms with E-state index in [0.717, 1.165) is 24.1 Å². The van der Waals surface area contributed by atoms with Gasteiger partial charge in [0, 0.05) is 44.5 Å². The van der Waals surface area contributed by atoms with E-state index in [1.165, 1.54) is 31.5 Å². The van der Waals surface area contributed by atoms with Crippen LogP contribution in [0.15, 0.2) is 6.20 Å². The summed E-state index contributed by atoms with van der Waals surface area (Å²) in [6, 6.07) is 0.444. The molecular formula is C13H22N4. The van der Waals surface area contributed by atoms with Crippen LogP contribution in [0.4, 0.5) is 0 Å². The number of rotatable bonds is 2. The molecule has 1 aromatic heterocycles. The maximum atomic E-state index is 6.17. The lowest BCUT2D eigenvalue weighted by Gasteiger charge is -2.17. The minimum absolute atomic E-state index is 0.444. The molecule has 2 N–H and O–H groups in total. The van der Waals surface area contributed by atoms with Crippen molar-refractivity contribution in [1.29, 1.82) is 0 Å². The number of likely N-dealkylation sites (tertiary alicyclic amines) is 1. The molecule has 0 amide bonds. The summed E-state index contributed by atoms with van der Waals surface area (Å²) < 4.78 is 1.91. The second-order valence-electron chi connectivity index (χ2n) is 5.77. The van der Waals surface area contributed by atoms with Gasteiger partial charge < -0.3 is 5.73 Å². The van der Waals surface area contributed by atoms with Gasteiger partial charge in [0.1, 0.15) is 0 Å². The minimum atomic E-state index is 0.444. The van der Waals surface area contributed by atoms with Crippen molar-refractivity contribution in [2.24, 2.45) is 24.6 Å². The van der Waals surface area contributed by atoms with Gasteiger partial charge in [-0.1, -0.05) is 0 Å². The van der Waals surface area contributed by atoms with Crippen LogP contribution in [0.3, 0.4) is 0 Å². The normalized spacial score (nSPS) is 33.2. The summed E-state index contributed by atoms with van der Waals surface area (Å²) in [5.74, 6) is 1.59. The van der Waals surface area contributed by atoms with Crippen LogP contribution in [0.25, 0.3) is 0 Å². The number of hydrogen-bond donors (Lipinski definition) is 1. The smallest absolute Gasteiger partial charge is 0.0638 e. The first-order valence-corrected chi connectivity index (χ1v) is 6.60. The molecule has 1 aromatic rings. The summed E-state index contributed by atoms with van der Waals surface area (Å²) in [5, 5.41) is 4.41. The van der Waals surface area contributed by atoms with Gasteiger partial charge in [0.25, 0.3) is 0 Å². The van der Waals surface area contributed by atoms with E-state index in [1.807, 2.05) is 11.7 Å². The van der Waals surface area contributed by atoms with E-state index in [4.69, 9.17) is 5.73 Å². The number of nitrogens with two attached hydrogens (primary N) is 1. The van der Waals surface area contributed by atoms with E-state index in [1.54, 1.807) is 0 Å². The molecule has 1 aliphatic carbocycles. The van der Waals surface area contributed by atoms with Gasteiger partial charge in [-0.3, -0.25) is 9.58 Å². The Labute approximate surface area is 103 Å². The molecule has 1 saturated carbocycles. The molecule has 1 aliphatic heterocycles. The lowest BCUT2D eigenvalue weighted by atomic mass is 9.98. The lowest BCUT2D eigenvalue weighted by Crippen LogP contribution is -2.30. The van der Waals surface area contributed by atoms with Crippen LogP contribution < -0.4 is 5.73 Å². The Balaban J connectivity index is 1.66. The molecule has 0 radical (unpaired) electrons. The summed E-state index contributed by atoms with van der Waals surface area (Å²) in [6.07, 6.45) is 4.70. The van der Waals surface area contributed by atoms with Gasteiger partial charge in [-0.2, -0.15) is 5.10 Å². The van der Waals surface area contributed by atoms with Crippen molar-refractivity contribution in [2.45, 2.75) is 32.4 Å². The second-order valence-corrected chi connectivity index (χ2v) is 5.77. The van der Waals surface area contributed by atoms with Crippen molar-refractivity contribution >= 4 is 0 Å². The van der Waals surface area contributed by atoms with Crippen LogP contribution in [0.5, 0.6) is 0 Å². The molecule has 2 aliphatic rings. The Kier molecular flexibility index (Phi) is 2.71. The third-order valence-corrected chi connectivity index (χ3v) is 4.50. The van der Waals surface area contributed by atoms with E-state index in [-0.39, 0.29) is 0 Å². The third kappa shape index (κ3) is 2.00. The molecule has 17 heavy (non-hydrogen) atoms. The number of fused-ring (bicyclic) bond motifs is 1. The second kappa shape index (κ2) is 4.10. The van der Waals surface area contributed by atoms with Gasteiger partial charge >= 0.3 is 0 Å². The van der Waals surface area contributed by atoms with Gasteiger partial charge in [0.15, 0.2) is 0 Å². The lowest BCUT2D eigenvalue weighted by molar-refractivity contribution is 0.297. The molecule has 3 unspecified atom stereocenters. The fraction of sp³-hybridized carbons (Fsp3) is 0.769. The molecule has 2 heterocycles. The maximum Gasteiger partial charge on any atom is 0.0638 e. The highest BCUT2D eigenvalue weighted by molar-refractivity contribution is 5.15. The molecule has 3 rings (SSSR count). The van der Waals surface area contributed by atoms with Crippen LogP contribution in [0.2, 0.25) is 0 Å². The van der Waals surface area contributed by atoms with Gasteiger partial charge in [0.05, 0.1) is 5.69 Å². The fourth-order valence-corrected chi connectivity index (χ4v) is 3.57. The zero-order valence-corrected chi connectivity index (χ0v) is 10.8. The first-order chi connectivity index (χ1) is 8.13. The first kappa shape index (κ1) is 11.2. The summed E-state index contributed by atoms with van der Waals surface area (Å²) in [7, 11) is 1.99. The van der Waals surface area contributed by atoms with E-state index >= 15 is 0 Å². The molecule has 0 aromatic carbocycles. The molecule has 94 valence electrons. The number of aromatic nitrogens is 2. The molecule has 2 fully saturated rings. The van der Waals surface area contributed by atoms with Crippen LogP contribution in [-0.2, 0) is 13.6 Å². The van der Waals surface area contributed by atoms with Crippen molar-refractivity contribution in [3.63, 3.8) is 0 Å². The van der Waals surface area contributed by atoms with Crippen molar-refractivity contribution < 1.29 is 0 Å². The average Bonchev–Trinajstić information content (AvgIpc) is 2.88. The summed E-state index contributed by atoms with van der Waals surface area (Å²) in [6.45, 7) is 5.55. The number of aryl methyl sites for hydroxylation is 2. The van der Waals surface area contributed by atoms with Gasteiger partial charge in [-0.25, -0.2) is 0 Å². The Hall–Kier alpha value is -0.870. The van der Waals surface area contributed by atoms with Crippen molar-refractivity contribution in [2.75, 3.05) is 13.1 Å². The average molecular weight is 234 g/mol. The predicted octanol–water partition coefficient (Wildman–Crippen LogP) is 0.898. The molecular weight excluding hydrogens is 212 g/mol. The van der Waals surface area contributed by atoms with Crippen molar-refractivity contribution in [3.05, 3.63) is 17.5 Å². The van der Waals surface area contributed by atoms with Crippen molar-refractivity contribution in [1.82, 2.24) is 14.7 Å². The highest BCUT2D eigenvalue weighted by Gasteiger charge is 2.40. The van der Waals surface area contributed by atoms with Gasteiger partial charge in [-0.05, 0) is 31.6 Å². The van der Waals surface area contributed by atoms with E-state index in [2.05, 4.69) is 23.1 Å². The summed E-state index contributed by atoms with van der Waals surface area (Å²) in [4.78, 5) is 2.55. The summed E-state index contributed by atoms with van der Waals surface area (Å²) >= 11 is 0. The van der Waals surface area contributed by atoms with E-state index < -0.39 is 0 Å². The van der Waals surface area contributed by atoms with Gasteiger partial charge in [0.2, 0.25) is 0 Å². The first-order valence-electron chi connectivity index (χ1n) is 6.60. The number of hydrogen-bond acceptors (Lipinski definition) is 3. The van der Waals surface area contributed by atoms with Crippen LogP contribution >= 0.6 is 0 Å². The highest BCUT2D eigenvalue weighted by Crippen LogP contribution is 2.37. The monoisotopic (exact) mass is 234 g/mol. The Bertz CT molecular complexity index is 412. The Morgan fingerprint density at radius 3 is 2.88 bits per heavy atom. The minimum Gasteiger partial charge on any atom is -0.327 e. The molecule has 0 spiro atoms. The predicted molar refractivity (Wildman–Crippen MR) is 67.4 cm³/mol. The summed E-state index contributed by atoms with van der Waals surface area (Å²) in [5.41, 5.74) is 8.69. The third-order valence-electron chi connectivity index (χ3n) is 4.50. The van der Waals surface area contributed by atoms with Crippen LogP contribution in [-0.4, -0.2) is 33.8 Å². The Morgan fingerprint density at radius 2 is 2.24 bits per heavy atom.